The summed E-state index contributed by atoms with van der Waals surface area (Å²) in [5.74, 6) is -2.02. The molecule has 3 rings (SSSR count). The number of halogens is 3. The molecule has 8 nitrogen and oxygen atoms in total. The van der Waals surface area contributed by atoms with Gasteiger partial charge in [0.2, 0.25) is 0 Å². The number of esters is 1. The lowest BCUT2D eigenvalue weighted by Crippen LogP contribution is -2.30. The van der Waals surface area contributed by atoms with Crippen LogP contribution >= 0.6 is 0 Å². The number of carbonyl (C=O) groups is 3. The zero-order valence-electron chi connectivity index (χ0n) is 16.9. The summed E-state index contributed by atoms with van der Waals surface area (Å²) in [6.07, 6.45) is -4.94. The lowest BCUT2D eigenvalue weighted by Gasteiger charge is -2.14. The Labute approximate surface area is 180 Å². The average molecular weight is 446 g/mol. The largest absolute Gasteiger partial charge is 0.448 e. The van der Waals surface area contributed by atoms with Crippen LogP contribution in [0, 0.1) is 0 Å². The maximum Gasteiger partial charge on any atom is 0.418 e. The first kappa shape index (κ1) is 22.7. The maximum absolute atomic E-state index is 13.2. The summed E-state index contributed by atoms with van der Waals surface area (Å²) in [6, 6.07) is 11.0. The van der Waals surface area contributed by atoms with Gasteiger partial charge >= 0.3 is 12.1 Å². The highest BCUT2D eigenvalue weighted by Crippen LogP contribution is 2.33. The number of nitrogens with zero attached hydrogens (tertiary/aromatic N) is 3. The zero-order chi connectivity index (χ0) is 23.5. The molecular weight excluding hydrogens is 429 g/mol. The molecule has 0 fully saturated rings. The van der Waals surface area contributed by atoms with Gasteiger partial charge in [-0.3, -0.25) is 9.59 Å². The van der Waals surface area contributed by atoms with E-state index in [1.165, 1.54) is 44.2 Å². The van der Waals surface area contributed by atoms with E-state index in [1.54, 1.807) is 12.1 Å². The van der Waals surface area contributed by atoms with Gasteiger partial charge in [0, 0.05) is 5.56 Å². The number of Topliss-reactive ketones (excluding diaryl/α,β-unsaturated/α-hetero) is 1. The molecule has 0 bridgehead atoms. The fourth-order valence-corrected chi connectivity index (χ4v) is 2.80. The van der Waals surface area contributed by atoms with Gasteiger partial charge in [-0.1, -0.05) is 29.5 Å². The molecule has 1 aromatic heterocycles. The molecule has 2 aromatic carbocycles. The van der Waals surface area contributed by atoms with Crippen LogP contribution in [-0.4, -0.2) is 38.8 Å². The van der Waals surface area contributed by atoms with Crippen molar-refractivity contribution < 1.29 is 32.3 Å². The van der Waals surface area contributed by atoms with E-state index in [0.29, 0.717) is 0 Å². The van der Waals surface area contributed by atoms with E-state index in [-0.39, 0.29) is 28.4 Å². The third-order valence-electron chi connectivity index (χ3n) is 4.38. The summed E-state index contributed by atoms with van der Waals surface area (Å²) >= 11 is 0. The van der Waals surface area contributed by atoms with Gasteiger partial charge in [-0.25, -0.2) is 9.48 Å². The zero-order valence-corrected chi connectivity index (χ0v) is 16.9. The maximum atomic E-state index is 13.2. The van der Waals surface area contributed by atoms with Crippen molar-refractivity contribution in [3.8, 4) is 5.69 Å². The Bertz CT molecular complexity index is 1170. The first-order valence-electron chi connectivity index (χ1n) is 9.28. The Balaban J connectivity index is 1.72. The Morgan fingerprint density at radius 3 is 2.41 bits per heavy atom. The predicted molar refractivity (Wildman–Crippen MR) is 106 cm³/mol. The molecule has 0 aliphatic carbocycles. The van der Waals surface area contributed by atoms with E-state index in [0.717, 1.165) is 16.9 Å². The van der Waals surface area contributed by atoms with Gasteiger partial charge in [-0.2, -0.15) is 13.2 Å². The van der Waals surface area contributed by atoms with Crippen LogP contribution in [0.5, 0.6) is 0 Å². The van der Waals surface area contributed by atoms with Gasteiger partial charge in [0.1, 0.15) is 0 Å². The standard InChI is InChI=1S/C21H17F3N4O4/c1-12(29)14-7-3-5-9-16(14)25-19(30)13(2)32-20(31)17-11-28(27-26-17)18-10-6-4-8-15(18)21(22,23)24/h3-11,13H,1-2H3,(H,25,30)/t13-/m0/s1. The fourth-order valence-electron chi connectivity index (χ4n) is 2.80. The van der Waals surface area contributed by atoms with Crippen molar-refractivity contribution >= 4 is 23.3 Å². The minimum atomic E-state index is -4.63. The summed E-state index contributed by atoms with van der Waals surface area (Å²) in [5.41, 5.74) is -1.13. The topological polar surface area (TPSA) is 103 Å². The third-order valence-corrected chi connectivity index (χ3v) is 4.38. The van der Waals surface area contributed by atoms with Gasteiger partial charge in [0.25, 0.3) is 5.91 Å². The first-order valence-corrected chi connectivity index (χ1v) is 9.28. The minimum Gasteiger partial charge on any atom is -0.448 e. The van der Waals surface area contributed by atoms with Crippen LogP contribution in [-0.2, 0) is 15.7 Å². The van der Waals surface area contributed by atoms with Crippen molar-refractivity contribution in [2.24, 2.45) is 0 Å². The molecule has 0 spiro atoms. The van der Waals surface area contributed by atoms with Gasteiger partial charge < -0.3 is 10.1 Å². The Morgan fingerprint density at radius 2 is 1.72 bits per heavy atom. The van der Waals surface area contributed by atoms with Crippen LogP contribution in [0.4, 0.5) is 18.9 Å². The van der Waals surface area contributed by atoms with Crippen molar-refractivity contribution in [2.75, 3.05) is 5.32 Å². The number of anilines is 1. The number of ketones is 1. The Morgan fingerprint density at radius 1 is 1.06 bits per heavy atom. The second-order valence-electron chi connectivity index (χ2n) is 6.70. The number of para-hydroxylation sites is 2. The monoisotopic (exact) mass is 446 g/mol. The number of ether oxygens (including phenoxy) is 1. The SMILES string of the molecule is CC(=O)c1ccccc1NC(=O)[C@H](C)OC(=O)c1cn(-c2ccccc2C(F)(F)F)nn1. The summed E-state index contributed by atoms with van der Waals surface area (Å²) in [4.78, 5) is 36.4. The van der Waals surface area contributed by atoms with E-state index in [1.807, 2.05) is 0 Å². The molecule has 0 saturated carbocycles. The van der Waals surface area contributed by atoms with Crippen LogP contribution in [0.15, 0.2) is 54.7 Å². The molecule has 1 heterocycles. The number of amides is 1. The first-order chi connectivity index (χ1) is 15.1. The van der Waals surface area contributed by atoms with Crippen LogP contribution in [0.3, 0.4) is 0 Å². The van der Waals surface area contributed by atoms with Crippen LogP contribution < -0.4 is 5.32 Å². The molecule has 1 atom stereocenters. The second-order valence-corrected chi connectivity index (χ2v) is 6.70. The second kappa shape index (κ2) is 9.00. The lowest BCUT2D eigenvalue weighted by molar-refractivity contribution is -0.137. The van der Waals surface area contributed by atoms with Gasteiger partial charge in [-0.05, 0) is 38.1 Å². The van der Waals surface area contributed by atoms with E-state index in [2.05, 4.69) is 15.6 Å². The van der Waals surface area contributed by atoms with Gasteiger partial charge in [0.15, 0.2) is 17.6 Å². The summed E-state index contributed by atoms with van der Waals surface area (Å²) in [6.45, 7) is 2.64. The van der Waals surface area contributed by atoms with Crippen LogP contribution in [0.2, 0.25) is 0 Å². The minimum absolute atomic E-state index is 0.252. The van der Waals surface area contributed by atoms with Crippen LogP contribution in [0.25, 0.3) is 5.69 Å². The molecule has 1 N–H and O–H groups in total. The highest BCUT2D eigenvalue weighted by Gasteiger charge is 2.34. The molecule has 0 saturated heterocycles. The number of alkyl halides is 3. The van der Waals surface area contributed by atoms with E-state index in [9.17, 15) is 27.6 Å². The number of hydrogen-bond donors (Lipinski definition) is 1. The molecule has 0 aliphatic rings. The average Bonchev–Trinajstić information content (AvgIpc) is 3.23. The molecule has 3 aromatic rings. The number of benzene rings is 2. The summed E-state index contributed by atoms with van der Waals surface area (Å²) in [7, 11) is 0. The van der Waals surface area contributed by atoms with Crippen molar-refractivity contribution in [3.63, 3.8) is 0 Å². The molecule has 166 valence electrons. The Hall–Kier alpha value is -4.02. The smallest absolute Gasteiger partial charge is 0.418 e. The predicted octanol–water partition coefficient (Wildman–Crippen LogP) is 3.67. The van der Waals surface area contributed by atoms with Crippen molar-refractivity contribution in [3.05, 3.63) is 71.5 Å². The molecule has 1 amide bonds. The van der Waals surface area contributed by atoms with E-state index in [4.69, 9.17) is 4.74 Å². The fraction of sp³-hybridized carbons (Fsp3) is 0.190. The van der Waals surface area contributed by atoms with Gasteiger partial charge in [0.05, 0.1) is 23.1 Å². The van der Waals surface area contributed by atoms with E-state index >= 15 is 0 Å². The quantitative estimate of drug-likeness (QED) is 0.458. The van der Waals surface area contributed by atoms with E-state index < -0.39 is 29.7 Å². The summed E-state index contributed by atoms with van der Waals surface area (Å²) in [5, 5.41) is 9.60. The highest BCUT2D eigenvalue weighted by atomic mass is 19.4. The number of nitrogens with one attached hydrogen (secondary N) is 1. The number of rotatable bonds is 6. The van der Waals surface area contributed by atoms with Crippen molar-refractivity contribution in [1.82, 2.24) is 15.0 Å². The number of hydrogen-bond acceptors (Lipinski definition) is 6. The van der Waals surface area contributed by atoms with Crippen molar-refractivity contribution in [2.45, 2.75) is 26.1 Å². The van der Waals surface area contributed by atoms with Crippen molar-refractivity contribution in [1.29, 1.82) is 0 Å². The molecule has 32 heavy (non-hydrogen) atoms. The number of aromatic nitrogens is 3. The van der Waals surface area contributed by atoms with Crippen LogP contribution in [0.1, 0.15) is 40.3 Å². The Kier molecular flexibility index (Phi) is 6.37. The molecule has 0 aliphatic heterocycles. The molecule has 11 heteroatoms. The molecule has 0 radical (unpaired) electrons. The van der Waals surface area contributed by atoms with Gasteiger partial charge in [-0.15, -0.1) is 5.10 Å². The normalized spacial score (nSPS) is 12.2. The number of carbonyl (C=O) groups excluding carboxylic acids is 3. The lowest BCUT2D eigenvalue weighted by atomic mass is 10.1. The molecule has 0 unspecified atom stereocenters. The molecular formula is C21H17F3N4O4. The summed E-state index contributed by atoms with van der Waals surface area (Å²) < 4.78 is 45.4. The highest BCUT2D eigenvalue weighted by molar-refractivity contribution is 6.05. The third kappa shape index (κ3) is 4.99.